The summed E-state index contributed by atoms with van der Waals surface area (Å²) in [6.45, 7) is 8.54. The largest absolute Gasteiger partial charge is 0.471 e. The molecule has 0 aromatic heterocycles. The molecule has 0 bridgehead atoms. The zero-order chi connectivity index (χ0) is 19.0. The number of alkyl halides is 3. The van der Waals surface area contributed by atoms with Crippen LogP contribution in [-0.4, -0.2) is 48.8 Å². The number of halogens is 3. The van der Waals surface area contributed by atoms with E-state index < -0.39 is 23.5 Å². The molecule has 1 heterocycles. The van der Waals surface area contributed by atoms with Gasteiger partial charge in [0.15, 0.2) is 0 Å². The minimum atomic E-state index is -4.89. The Morgan fingerprint density at radius 3 is 2.56 bits per heavy atom. The van der Waals surface area contributed by atoms with Crippen LogP contribution in [0.1, 0.15) is 40.5 Å². The SMILES string of the molecule is CCOC(=O)N1CC=C2C(C)(C)[C@@H](NC(=O)C(F)(F)F)CC[C@]2(C)C1. The Kier molecular flexibility index (Phi) is 5.12. The average Bonchev–Trinajstić information content (AvgIpc) is 2.48. The van der Waals surface area contributed by atoms with Crippen LogP contribution in [0.2, 0.25) is 0 Å². The fraction of sp³-hybridized carbons (Fsp3) is 0.765. The molecule has 0 unspecified atom stereocenters. The van der Waals surface area contributed by atoms with E-state index in [1.165, 1.54) is 0 Å². The third-order valence-corrected chi connectivity index (χ3v) is 5.34. The van der Waals surface area contributed by atoms with Crippen LogP contribution < -0.4 is 5.32 Å². The summed E-state index contributed by atoms with van der Waals surface area (Å²) in [5.41, 5.74) is 0.0158. The van der Waals surface area contributed by atoms with Crippen molar-refractivity contribution in [2.24, 2.45) is 10.8 Å². The van der Waals surface area contributed by atoms with Crippen LogP contribution in [0.4, 0.5) is 18.0 Å². The summed E-state index contributed by atoms with van der Waals surface area (Å²) >= 11 is 0. The van der Waals surface area contributed by atoms with Gasteiger partial charge < -0.3 is 15.0 Å². The van der Waals surface area contributed by atoms with E-state index in [1.54, 1.807) is 11.8 Å². The zero-order valence-electron chi connectivity index (χ0n) is 15.0. The van der Waals surface area contributed by atoms with Crippen molar-refractivity contribution in [3.05, 3.63) is 11.6 Å². The fourth-order valence-electron chi connectivity index (χ4n) is 4.13. The van der Waals surface area contributed by atoms with Crippen molar-refractivity contribution >= 4 is 12.0 Å². The van der Waals surface area contributed by atoms with Crippen LogP contribution in [0.25, 0.3) is 0 Å². The number of fused-ring (bicyclic) bond motifs is 1. The van der Waals surface area contributed by atoms with E-state index in [2.05, 4.69) is 5.32 Å². The van der Waals surface area contributed by atoms with E-state index in [0.717, 1.165) is 5.57 Å². The number of amides is 2. The Hall–Kier alpha value is -1.73. The molecule has 0 spiro atoms. The second kappa shape index (κ2) is 6.53. The molecule has 1 N–H and O–H groups in total. The molecule has 2 rings (SSSR count). The van der Waals surface area contributed by atoms with Crippen molar-refractivity contribution in [3.63, 3.8) is 0 Å². The normalized spacial score (nSPS) is 28.7. The van der Waals surface area contributed by atoms with Gasteiger partial charge in [0.25, 0.3) is 0 Å². The molecule has 0 aromatic rings. The molecule has 2 amide bonds. The second-order valence-corrected chi connectivity index (χ2v) is 7.54. The van der Waals surface area contributed by atoms with E-state index in [0.29, 0.717) is 32.5 Å². The van der Waals surface area contributed by atoms with Gasteiger partial charge in [0.1, 0.15) is 0 Å². The molecular weight excluding hydrogens is 337 g/mol. The molecule has 25 heavy (non-hydrogen) atoms. The summed E-state index contributed by atoms with van der Waals surface area (Å²) in [5.74, 6) is -1.90. The highest BCUT2D eigenvalue weighted by molar-refractivity contribution is 5.82. The van der Waals surface area contributed by atoms with Gasteiger partial charge in [-0.3, -0.25) is 4.79 Å². The van der Waals surface area contributed by atoms with E-state index in [1.807, 2.05) is 26.8 Å². The topological polar surface area (TPSA) is 58.6 Å². The van der Waals surface area contributed by atoms with Gasteiger partial charge in [0, 0.05) is 30.0 Å². The number of nitrogens with zero attached hydrogens (tertiary/aromatic N) is 1. The van der Waals surface area contributed by atoms with E-state index in [4.69, 9.17) is 4.74 Å². The van der Waals surface area contributed by atoms with Gasteiger partial charge in [-0.2, -0.15) is 13.2 Å². The maximum atomic E-state index is 12.6. The fourth-order valence-corrected chi connectivity index (χ4v) is 4.13. The highest BCUT2D eigenvalue weighted by Crippen LogP contribution is 2.52. The van der Waals surface area contributed by atoms with E-state index >= 15 is 0 Å². The molecule has 0 aromatic carbocycles. The van der Waals surface area contributed by atoms with Gasteiger partial charge in [0.2, 0.25) is 0 Å². The average molecular weight is 362 g/mol. The van der Waals surface area contributed by atoms with Crippen LogP contribution >= 0.6 is 0 Å². The van der Waals surface area contributed by atoms with Gasteiger partial charge in [-0.25, -0.2) is 4.79 Å². The van der Waals surface area contributed by atoms with Crippen LogP contribution in [0.5, 0.6) is 0 Å². The molecule has 5 nitrogen and oxygen atoms in total. The highest BCUT2D eigenvalue weighted by atomic mass is 19.4. The Labute approximate surface area is 145 Å². The molecule has 2 atom stereocenters. The standard InChI is InChI=1S/C17H25F3N2O3/c1-5-25-14(24)22-9-7-11-15(2,3)12(6-8-16(11,4)10-22)21-13(23)17(18,19)20/h7,12H,5-6,8-10H2,1-4H3,(H,21,23)/t12-,16+/m0/s1. The molecular formula is C17H25F3N2O3. The number of carbonyl (C=O) groups excluding carboxylic acids is 2. The summed E-state index contributed by atoms with van der Waals surface area (Å²) in [4.78, 5) is 24.9. The van der Waals surface area contributed by atoms with Crippen LogP contribution in [0.3, 0.4) is 0 Å². The van der Waals surface area contributed by atoms with Crippen molar-refractivity contribution in [3.8, 4) is 0 Å². The van der Waals surface area contributed by atoms with Crippen LogP contribution in [0.15, 0.2) is 11.6 Å². The van der Waals surface area contributed by atoms with Gasteiger partial charge in [0.05, 0.1) is 6.61 Å². The predicted molar refractivity (Wildman–Crippen MR) is 85.8 cm³/mol. The summed E-state index contributed by atoms with van der Waals surface area (Å²) in [6, 6.07) is -0.602. The predicted octanol–water partition coefficient (Wildman–Crippen LogP) is 3.26. The Morgan fingerprint density at radius 2 is 2.00 bits per heavy atom. The molecule has 0 radical (unpaired) electrons. The van der Waals surface area contributed by atoms with E-state index in [9.17, 15) is 22.8 Å². The number of carbonyl (C=O) groups is 2. The first-order chi connectivity index (χ1) is 11.4. The van der Waals surface area contributed by atoms with Crippen molar-refractivity contribution in [2.45, 2.75) is 52.8 Å². The number of hydrogen-bond acceptors (Lipinski definition) is 3. The van der Waals surface area contributed by atoms with Crippen LogP contribution in [0, 0.1) is 10.8 Å². The Bertz CT molecular complexity index is 586. The number of rotatable bonds is 2. The lowest BCUT2D eigenvalue weighted by atomic mass is 9.57. The first-order valence-corrected chi connectivity index (χ1v) is 8.42. The lowest BCUT2D eigenvalue weighted by Gasteiger charge is -2.53. The van der Waals surface area contributed by atoms with Crippen LogP contribution in [-0.2, 0) is 9.53 Å². The Balaban J connectivity index is 2.21. The summed E-state index contributed by atoms with van der Waals surface area (Å²) in [6.07, 6.45) is -2.38. The van der Waals surface area contributed by atoms with Gasteiger partial charge in [-0.05, 0) is 19.8 Å². The summed E-state index contributed by atoms with van der Waals surface area (Å²) < 4.78 is 42.8. The molecule has 1 fully saturated rings. The number of ether oxygens (including phenoxy) is 1. The quantitative estimate of drug-likeness (QED) is 0.767. The van der Waals surface area contributed by atoms with Crippen molar-refractivity contribution in [1.82, 2.24) is 10.2 Å². The lowest BCUT2D eigenvalue weighted by Crippen LogP contribution is -2.58. The third kappa shape index (κ3) is 3.77. The summed E-state index contributed by atoms with van der Waals surface area (Å²) in [7, 11) is 0. The van der Waals surface area contributed by atoms with E-state index in [-0.39, 0.29) is 11.5 Å². The molecule has 1 aliphatic carbocycles. The smallest absolute Gasteiger partial charge is 0.450 e. The van der Waals surface area contributed by atoms with Crippen molar-refractivity contribution in [2.75, 3.05) is 19.7 Å². The molecule has 1 aliphatic heterocycles. The zero-order valence-corrected chi connectivity index (χ0v) is 15.0. The molecule has 1 saturated carbocycles. The van der Waals surface area contributed by atoms with Gasteiger partial charge in [-0.1, -0.05) is 32.4 Å². The molecule has 8 heteroatoms. The molecule has 2 aliphatic rings. The van der Waals surface area contributed by atoms with Gasteiger partial charge in [-0.15, -0.1) is 0 Å². The highest BCUT2D eigenvalue weighted by Gasteiger charge is 2.51. The summed E-state index contributed by atoms with van der Waals surface area (Å²) in [5, 5.41) is 2.14. The molecule has 142 valence electrons. The van der Waals surface area contributed by atoms with Crippen molar-refractivity contribution in [1.29, 1.82) is 0 Å². The minimum Gasteiger partial charge on any atom is -0.450 e. The first kappa shape index (κ1) is 19.6. The minimum absolute atomic E-state index is 0.291. The maximum absolute atomic E-state index is 12.6. The number of hydrogen-bond donors (Lipinski definition) is 1. The Morgan fingerprint density at radius 1 is 1.36 bits per heavy atom. The number of nitrogens with one attached hydrogen (secondary N) is 1. The second-order valence-electron chi connectivity index (χ2n) is 7.54. The lowest BCUT2D eigenvalue weighted by molar-refractivity contribution is -0.175. The van der Waals surface area contributed by atoms with Gasteiger partial charge >= 0.3 is 18.2 Å². The molecule has 0 saturated heterocycles. The van der Waals surface area contributed by atoms with Crippen molar-refractivity contribution < 1.29 is 27.5 Å². The third-order valence-electron chi connectivity index (χ3n) is 5.34. The maximum Gasteiger partial charge on any atom is 0.471 e. The monoisotopic (exact) mass is 362 g/mol. The first-order valence-electron chi connectivity index (χ1n) is 8.42.